The number of thiazole rings is 1. The summed E-state index contributed by atoms with van der Waals surface area (Å²) in [5, 5.41) is 8.75. The second-order valence-corrected chi connectivity index (χ2v) is 26.9. The van der Waals surface area contributed by atoms with Crippen LogP contribution in [0.5, 0.6) is 0 Å². The van der Waals surface area contributed by atoms with Crippen LogP contribution < -0.4 is 10.7 Å². The van der Waals surface area contributed by atoms with Crippen LogP contribution in [0.1, 0.15) is 133 Å². The lowest BCUT2D eigenvalue weighted by Gasteiger charge is -2.58. The van der Waals surface area contributed by atoms with E-state index < -0.39 is 29.6 Å². The minimum absolute atomic E-state index is 0.00199. The van der Waals surface area contributed by atoms with Crippen LogP contribution in [0.2, 0.25) is 0 Å². The summed E-state index contributed by atoms with van der Waals surface area (Å²) >= 11 is 1.51. The third kappa shape index (κ3) is 10.4. The Hall–Kier alpha value is -4.37. The second kappa shape index (κ2) is 21.2. The number of pyridine rings is 1. The van der Waals surface area contributed by atoms with Gasteiger partial charge in [-0.25, -0.2) is 10.4 Å². The largest absolute Gasteiger partial charge is 0.464 e. The zero-order valence-electron chi connectivity index (χ0n) is 47.3. The van der Waals surface area contributed by atoms with Gasteiger partial charge in [0.25, 0.3) is 5.91 Å². The molecule has 4 aromatic rings. The van der Waals surface area contributed by atoms with E-state index in [9.17, 15) is 9.59 Å². The minimum Gasteiger partial charge on any atom is -0.464 e. The van der Waals surface area contributed by atoms with Crippen molar-refractivity contribution in [2.75, 3.05) is 73.4 Å². The number of carbonyl (C=O) groups excluding carboxylic acids is 3. The third-order valence-electron chi connectivity index (χ3n) is 18.8. The minimum atomic E-state index is -1.03. The van der Waals surface area contributed by atoms with E-state index in [0.717, 1.165) is 88.1 Å². The van der Waals surface area contributed by atoms with Crippen LogP contribution in [-0.4, -0.2) is 163 Å². The molecule has 2 aliphatic carbocycles. The highest BCUT2D eigenvalue weighted by Gasteiger charge is 2.57. The van der Waals surface area contributed by atoms with Crippen molar-refractivity contribution in [2.45, 2.75) is 166 Å². The highest BCUT2D eigenvalue weighted by molar-refractivity contribution is 7.10. The number of hydrogen-bond acceptors (Lipinski definition) is 15. The van der Waals surface area contributed by atoms with Crippen molar-refractivity contribution in [1.82, 2.24) is 40.1 Å². The zero-order chi connectivity index (χ0) is 54.4. The lowest BCUT2D eigenvalue weighted by molar-refractivity contribution is -0.204. The van der Waals surface area contributed by atoms with Gasteiger partial charge in [0.1, 0.15) is 23.2 Å². The molecule has 1 spiro atoms. The number of hydrogen-bond donors (Lipinski definition) is 2. The predicted molar refractivity (Wildman–Crippen MR) is 297 cm³/mol. The molecule has 8 fully saturated rings. The molecule has 7 aliphatic heterocycles. The molecule has 10 heterocycles. The average Bonchev–Trinajstić information content (AvgIpc) is 4.07. The fourth-order valence-electron chi connectivity index (χ4n) is 13.7. The molecule has 6 saturated heterocycles. The topological polar surface area (TPSA) is 171 Å². The van der Waals surface area contributed by atoms with Gasteiger partial charge in [-0.2, -0.15) is 0 Å². The summed E-state index contributed by atoms with van der Waals surface area (Å²) in [7, 11) is 3.50. The zero-order valence-corrected chi connectivity index (χ0v) is 48.1. The third-order valence-corrected chi connectivity index (χ3v) is 19.7. The van der Waals surface area contributed by atoms with Gasteiger partial charge in [0.15, 0.2) is 0 Å². The Morgan fingerprint density at radius 1 is 1.01 bits per heavy atom. The Labute approximate surface area is 463 Å². The van der Waals surface area contributed by atoms with Crippen molar-refractivity contribution >= 4 is 40.0 Å². The van der Waals surface area contributed by atoms with Crippen molar-refractivity contribution in [3.63, 3.8) is 0 Å². The quantitative estimate of drug-likeness (QED) is 0.112. The standard InChI is InChI=1S/C60H82N8O9S/c1-34-27-76-53(34)54(69)63-50-52(66-29-60(30-66)32-74-33-60)55-62-46(28-78-55)38-10-13-47-43(22-38)45(25-58(4,5)31-77-57(71)49-39-20-42(21-39)68(64-49)56(50)70)51(67(47)18-19-75-35(2)24-59(6,7)73-9)44-23-40(26-61-48(44)36(3)72-8)37-14-16-65(17-15-37)41-11-12-41/h10,13,22-23,26,28,34-37,39,41-42,49-50,52-53,64H,11-12,14-21,24-25,27,29-33H2,1-9H3,(H,63,69)/t34-,35-,36-,39?,42?,49-,50-,52-,53+/m0/s1. The number of nitrogens with one attached hydrogen (secondary N) is 2. The Kier molecular flexibility index (Phi) is 14.7. The van der Waals surface area contributed by atoms with E-state index in [0.29, 0.717) is 71.2 Å². The van der Waals surface area contributed by atoms with Crippen LogP contribution in [0, 0.1) is 22.7 Å². The molecule has 9 aliphatic rings. The molecule has 1 aromatic carbocycles. The van der Waals surface area contributed by atoms with Gasteiger partial charge in [-0.1, -0.05) is 26.8 Å². The van der Waals surface area contributed by atoms with Crippen molar-refractivity contribution in [3.05, 3.63) is 57.7 Å². The van der Waals surface area contributed by atoms with Crippen LogP contribution in [0.25, 0.3) is 33.4 Å². The van der Waals surface area contributed by atoms with Gasteiger partial charge in [-0.05, 0) is 127 Å². The Bertz CT molecular complexity index is 2890. The van der Waals surface area contributed by atoms with E-state index >= 15 is 4.79 Å². The molecule has 2 amide bonds. The predicted octanol–water partition coefficient (Wildman–Crippen LogP) is 7.61. The van der Waals surface area contributed by atoms with Crippen LogP contribution in [-0.2, 0) is 55.8 Å². The molecule has 7 atom stereocenters. The SMILES string of the molecule is CO[C@@H](C)c1ncc(C2CCN(C3CC3)CC2)cc1-c1c2c3cc(ccc3n1CCO[C@@H](C)CC(C)(C)OC)-c1csc(n1)[C@@H](N1CC3(COC3)C1)[C@H](NC(=O)[C@@H]1OC[C@@H]1C)C(=O)N1N[C@H](C(=O)OCC(C)(C)C2)C2CC1C2. The maximum absolute atomic E-state index is 15.4. The number of esters is 1. The first kappa shape index (κ1) is 54.2. The van der Waals surface area contributed by atoms with Crippen molar-refractivity contribution in [2.24, 2.45) is 22.7 Å². The summed E-state index contributed by atoms with van der Waals surface area (Å²) < 4.78 is 39.1. The monoisotopic (exact) mass is 1090 g/mol. The number of hydrazine groups is 1. The number of methoxy groups -OCH3 is 2. The lowest BCUT2D eigenvalue weighted by Crippen LogP contribution is -2.74. The summed E-state index contributed by atoms with van der Waals surface area (Å²) in [4.78, 5) is 60.0. The van der Waals surface area contributed by atoms with Gasteiger partial charge in [0.2, 0.25) is 5.91 Å². The molecule has 2 saturated carbocycles. The molecule has 18 heteroatoms. The maximum atomic E-state index is 15.4. The van der Waals surface area contributed by atoms with Crippen LogP contribution in [0.3, 0.4) is 0 Å². The number of amides is 2. The molecule has 0 radical (unpaired) electrons. The Morgan fingerprint density at radius 3 is 2.45 bits per heavy atom. The Morgan fingerprint density at radius 2 is 1.78 bits per heavy atom. The summed E-state index contributed by atoms with van der Waals surface area (Å²) in [6, 6.07) is 7.31. The Balaban J connectivity index is 1.00. The van der Waals surface area contributed by atoms with Crippen LogP contribution in [0.4, 0.5) is 0 Å². The van der Waals surface area contributed by atoms with Gasteiger partial charge in [-0.15, -0.1) is 11.3 Å². The van der Waals surface area contributed by atoms with E-state index in [1.807, 2.05) is 6.92 Å². The van der Waals surface area contributed by atoms with Gasteiger partial charge in [-0.3, -0.25) is 29.3 Å². The number of aromatic nitrogens is 3. The highest BCUT2D eigenvalue weighted by atomic mass is 32.1. The first-order valence-corrected chi connectivity index (χ1v) is 29.8. The van der Waals surface area contributed by atoms with E-state index in [1.54, 1.807) is 19.2 Å². The summed E-state index contributed by atoms with van der Waals surface area (Å²) in [5.74, 6) is -0.597. The molecule has 78 heavy (non-hydrogen) atoms. The number of benzene rings is 1. The van der Waals surface area contributed by atoms with Crippen LogP contribution in [0.15, 0.2) is 35.8 Å². The first-order chi connectivity index (χ1) is 37.4. The first-order valence-electron chi connectivity index (χ1n) is 29.0. The molecule has 8 bridgehead atoms. The molecule has 3 aromatic heterocycles. The van der Waals surface area contributed by atoms with Gasteiger partial charge in [0, 0.05) is 103 Å². The molecule has 2 N–H and O–H groups in total. The molecule has 0 unspecified atom stereocenters. The fraction of sp³-hybridized carbons (Fsp3) is 0.683. The second-order valence-electron chi connectivity index (χ2n) is 26.0. The molecule has 13 rings (SSSR count). The van der Waals surface area contributed by atoms with E-state index in [4.69, 9.17) is 38.4 Å². The number of nitrogens with zero attached hydrogens (tertiary/aromatic N) is 6. The number of cyclic esters (lactones) is 1. The summed E-state index contributed by atoms with van der Waals surface area (Å²) in [5.41, 5.74) is 10.6. The number of carbonyl (C=O) groups is 3. The number of fused-ring (bicyclic) bond motifs is 4. The van der Waals surface area contributed by atoms with Crippen molar-refractivity contribution in [3.8, 4) is 22.5 Å². The fourth-order valence-corrected chi connectivity index (χ4v) is 14.7. The van der Waals surface area contributed by atoms with Crippen molar-refractivity contribution in [1.29, 1.82) is 0 Å². The summed E-state index contributed by atoms with van der Waals surface area (Å²) in [6.07, 6.45) is 8.49. The van der Waals surface area contributed by atoms with Gasteiger partial charge in [0.05, 0.1) is 74.0 Å². The van der Waals surface area contributed by atoms with E-state index in [-0.39, 0.29) is 65.5 Å². The average molecular weight is 1090 g/mol. The summed E-state index contributed by atoms with van der Waals surface area (Å²) in [6.45, 7) is 21.3. The number of likely N-dealkylation sites (tertiary alicyclic amines) is 2. The lowest BCUT2D eigenvalue weighted by atomic mass is 9.72. The van der Waals surface area contributed by atoms with E-state index in [2.05, 4.69) is 102 Å². The number of ether oxygens (including phenoxy) is 6. The number of piperidine rings is 1. The van der Waals surface area contributed by atoms with Gasteiger partial charge >= 0.3 is 5.97 Å². The van der Waals surface area contributed by atoms with Crippen LogP contribution >= 0.6 is 11.3 Å². The van der Waals surface area contributed by atoms with Gasteiger partial charge < -0.3 is 43.2 Å². The molecule has 17 nitrogen and oxygen atoms in total. The number of rotatable bonds is 15. The normalized spacial score (nSPS) is 29.2. The molecular weight excluding hydrogens is 1010 g/mol. The highest BCUT2D eigenvalue weighted by Crippen LogP contribution is 2.48. The van der Waals surface area contributed by atoms with E-state index in [1.165, 1.54) is 29.7 Å². The molecule has 422 valence electrons. The van der Waals surface area contributed by atoms with Crippen molar-refractivity contribution < 1.29 is 42.8 Å². The maximum Gasteiger partial charge on any atom is 0.325 e. The molecular formula is C60H82N8O9S. The smallest absolute Gasteiger partial charge is 0.325 e.